The summed E-state index contributed by atoms with van der Waals surface area (Å²) in [5.41, 5.74) is 3.06. The molecule has 0 aliphatic carbocycles. The van der Waals surface area contributed by atoms with E-state index in [0.717, 1.165) is 31.9 Å². The highest BCUT2D eigenvalue weighted by atomic mass is 19.1. The van der Waals surface area contributed by atoms with Crippen LogP contribution in [0.4, 0.5) is 10.2 Å². The minimum atomic E-state index is -0.280. The van der Waals surface area contributed by atoms with E-state index in [1.54, 1.807) is 6.07 Å². The zero-order valence-corrected chi connectivity index (χ0v) is 14.0. The van der Waals surface area contributed by atoms with Crippen LogP contribution < -0.4 is 10.2 Å². The molecule has 0 bridgehead atoms. The number of aromatic nitrogens is 1. The Balaban J connectivity index is 1.64. The number of hydrogen-bond donors (Lipinski definition) is 2. The fourth-order valence-electron chi connectivity index (χ4n) is 3.03. The van der Waals surface area contributed by atoms with Crippen molar-refractivity contribution in [3.63, 3.8) is 0 Å². The van der Waals surface area contributed by atoms with Crippen molar-refractivity contribution < 1.29 is 9.50 Å². The van der Waals surface area contributed by atoms with E-state index in [9.17, 15) is 4.39 Å². The molecule has 0 amide bonds. The van der Waals surface area contributed by atoms with Crippen LogP contribution in [0.3, 0.4) is 0 Å². The number of aliphatic hydroxyl groups excluding tert-OH is 1. The molecular formula is C19H24FN3O. The van der Waals surface area contributed by atoms with E-state index in [-0.39, 0.29) is 12.4 Å². The van der Waals surface area contributed by atoms with Gasteiger partial charge in [-0.25, -0.2) is 9.37 Å². The summed E-state index contributed by atoms with van der Waals surface area (Å²) in [7, 11) is 0. The van der Waals surface area contributed by atoms with Crippen molar-refractivity contribution in [3.05, 3.63) is 59.0 Å². The SMILES string of the molecule is CC(CCO)CNCc1nc(N2Cc3ccccc3C2)ccc1F. The van der Waals surface area contributed by atoms with Crippen LogP contribution in [0.1, 0.15) is 30.2 Å². The monoisotopic (exact) mass is 329 g/mol. The lowest BCUT2D eigenvalue weighted by molar-refractivity contribution is 0.260. The number of fused-ring (bicyclic) bond motifs is 1. The summed E-state index contributed by atoms with van der Waals surface area (Å²) in [6.07, 6.45) is 0.745. The summed E-state index contributed by atoms with van der Waals surface area (Å²) in [4.78, 5) is 6.69. The molecule has 24 heavy (non-hydrogen) atoms. The van der Waals surface area contributed by atoms with Crippen molar-refractivity contribution in [1.29, 1.82) is 0 Å². The van der Waals surface area contributed by atoms with Gasteiger partial charge >= 0.3 is 0 Å². The van der Waals surface area contributed by atoms with Gasteiger partial charge in [0.2, 0.25) is 0 Å². The fraction of sp³-hybridized carbons (Fsp3) is 0.421. The van der Waals surface area contributed by atoms with Crippen LogP contribution >= 0.6 is 0 Å². The van der Waals surface area contributed by atoms with E-state index in [4.69, 9.17) is 5.11 Å². The van der Waals surface area contributed by atoms with Crippen LogP contribution in [0.2, 0.25) is 0 Å². The highest BCUT2D eigenvalue weighted by Gasteiger charge is 2.20. The Kier molecular flexibility index (Phi) is 5.43. The van der Waals surface area contributed by atoms with E-state index < -0.39 is 0 Å². The van der Waals surface area contributed by atoms with Crippen LogP contribution in [-0.2, 0) is 19.6 Å². The zero-order valence-electron chi connectivity index (χ0n) is 14.0. The average molecular weight is 329 g/mol. The molecule has 1 aromatic carbocycles. The van der Waals surface area contributed by atoms with Gasteiger partial charge in [0.05, 0.1) is 5.69 Å². The maximum atomic E-state index is 14.0. The number of aliphatic hydroxyl groups is 1. The second-order valence-corrected chi connectivity index (χ2v) is 6.47. The third-order valence-corrected chi connectivity index (χ3v) is 4.48. The highest BCUT2D eigenvalue weighted by molar-refractivity contribution is 5.47. The van der Waals surface area contributed by atoms with Crippen molar-refractivity contribution >= 4 is 5.82 Å². The normalized spacial score (nSPS) is 14.7. The molecule has 1 aromatic heterocycles. The van der Waals surface area contributed by atoms with Gasteiger partial charge in [0.1, 0.15) is 11.6 Å². The first-order valence-electron chi connectivity index (χ1n) is 8.46. The van der Waals surface area contributed by atoms with E-state index in [2.05, 4.69) is 34.3 Å². The average Bonchev–Trinajstić information content (AvgIpc) is 3.01. The van der Waals surface area contributed by atoms with Gasteiger partial charge in [-0.15, -0.1) is 0 Å². The Morgan fingerprint density at radius 1 is 1.21 bits per heavy atom. The van der Waals surface area contributed by atoms with Gasteiger partial charge in [-0.1, -0.05) is 31.2 Å². The van der Waals surface area contributed by atoms with Gasteiger partial charge in [0.25, 0.3) is 0 Å². The minimum Gasteiger partial charge on any atom is -0.396 e. The Labute approximate surface area is 142 Å². The molecule has 1 atom stereocenters. The van der Waals surface area contributed by atoms with Gasteiger partial charge in [0.15, 0.2) is 0 Å². The molecule has 3 rings (SSSR count). The van der Waals surface area contributed by atoms with Crippen molar-refractivity contribution in [1.82, 2.24) is 10.3 Å². The molecule has 1 aliphatic heterocycles. The summed E-state index contributed by atoms with van der Waals surface area (Å²) in [5.74, 6) is 0.889. The first-order valence-corrected chi connectivity index (χ1v) is 8.46. The zero-order chi connectivity index (χ0) is 16.9. The molecule has 1 unspecified atom stereocenters. The van der Waals surface area contributed by atoms with Crippen molar-refractivity contribution in [3.8, 4) is 0 Å². The number of benzene rings is 1. The number of nitrogens with zero attached hydrogens (tertiary/aromatic N) is 2. The maximum Gasteiger partial charge on any atom is 0.146 e. The first kappa shape index (κ1) is 16.9. The fourth-order valence-corrected chi connectivity index (χ4v) is 3.03. The van der Waals surface area contributed by atoms with Gasteiger partial charge < -0.3 is 15.3 Å². The maximum absolute atomic E-state index is 14.0. The van der Waals surface area contributed by atoms with Gasteiger partial charge in [-0.2, -0.15) is 0 Å². The minimum absolute atomic E-state index is 0.181. The Hall–Kier alpha value is -1.98. The number of halogens is 1. The number of pyridine rings is 1. The van der Waals surface area contributed by atoms with E-state index >= 15 is 0 Å². The van der Waals surface area contributed by atoms with Gasteiger partial charge in [-0.3, -0.25) is 0 Å². The number of hydrogen-bond acceptors (Lipinski definition) is 4. The van der Waals surface area contributed by atoms with Gasteiger partial charge in [0, 0.05) is 26.2 Å². The van der Waals surface area contributed by atoms with E-state index in [1.807, 2.05) is 12.1 Å². The van der Waals surface area contributed by atoms with E-state index in [1.165, 1.54) is 17.2 Å². The second kappa shape index (κ2) is 7.73. The second-order valence-electron chi connectivity index (χ2n) is 6.47. The first-order chi connectivity index (χ1) is 11.7. The van der Waals surface area contributed by atoms with Crippen LogP contribution in [0, 0.1) is 11.7 Å². The number of nitrogens with one attached hydrogen (secondary N) is 1. The quantitative estimate of drug-likeness (QED) is 0.820. The van der Waals surface area contributed by atoms with Crippen LogP contribution in [-0.4, -0.2) is 23.2 Å². The molecular weight excluding hydrogens is 305 g/mol. The lowest BCUT2D eigenvalue weighted by Crippen LogP contribution is -2.23. The highest BCUT2D eigenvalue weighted by Crippen LogP contribution is 2.27. The lowest BCUT2D eigenvalue weighted by atomic mass is 10.1. The topological polar surface area (TPSA) is 48.4 Å². The van der Waals surface area contributed by atoms with Gasteiger partial charge in [-0.05, 0) is 42.1 Å². The third kappa shape index (κ3) is 3.91. The molecule has 0 fully saturated rings. The van der Waals surface area contributed by atoms with Crippen LogP contribution in [0.25, 0.3) is 0 Å². The molecule has 2 aromatic rings. The summed E-state index contributed by atoms with van der Waals surface area (Å²) in [6.45, 7) is 5.01. The lowest BCUT2D eigenvalue weighted by Gasteiger charge is -2.18. The number of rotatable bonds is 7. The van der Waals surface area contributed by atoms with Crippen molar-refractivity contribution in [2.45, 2.75) is 33.0 Å². The molecule has 0 saturated carbocycles. The molecule has 1 aliphatic rings. The smallest absolute Gasteiger partial charge is 0.146 e. The van der Waals surface area contributed by atoms with Crippen molar-refractivity contribution in [2.24, 2.45) is 5.92 Å². The molecule has 5 heteroatoms. The Morgan fingerprint density at radius 3 is 2.58 bits per heavy atom. The summed E-state index contributed by atoms with van der Waals surface area (Å²) >= 11 is 0. The molecule has 0 saturated heterocycles. The Bertz CT molecular complexity index is 667. The Morgan fingerprint density at radius 2 is 1.92 bits per heavy atom. The van der Waals surface area contributed by atoms with Crippen LogP contribution in [0.15, 0.2) is 36.4 Å². The molecule has 128 valence electrons. The molecule has 0 radical (unpaired) electrons. The predicted molar refractivity (Wildman–Crippen MR) is 93.1 cm³/mol. The molecule has 0 spiro atoms. The molecule has 2 N–H and O–H groups in total. The molecule has 4 nitrogen and oxygen atoms in total. The van der Waals surface area contributed by atoms with Crippen molar-refractivity contribution in [2.75, 3.05) is 18.1 Å². The molecule has 2 heterocycles. The summed E-state index contributed by atoms with van der Waals surface area (Å²) in [6, 6.07) is 11.6. The van der Waals surface area contributed by atoms with E-state index in [0.29, 0.717) is 18.2 Å². The van der Waals surface area contributed by atoms with Crippen LogP contribution in [0.5, 0.6) is 0 Å². The number of anilines is 1. The summed E-state index contributed by atoms with van der Waals surface area (Å²) in [5, 5.41) is 12.2. The standard InChI is InChI=1S/C19H24FN3O/c1-14(8-9-24)10-21-11-18-17(20)6-7-19(22-18)23-12-15-4-2-3-5-16(15)13-23/h2-7,14,21,24H,8-13H2,1H3. The predicted octanol–water partition coefficient (Wildman–Crippen LogP) is 2.85. The largest absolute Gasteiger partial charge is 0.396 e. The summed E-state index contributed by atoms with van der Waals surface area (Å²) < 4.78 is 14.0. The third-order valence-electron chi connectivity index (χ3n) is 4.48.